The Morgan fingerprint density at radius 1 is 1.33 bits per heavy atom. The van der Waals surface area contributed by atoms with Crippen LogP contribution in [-0.4, -0.2) is 26.9 Å². The van der Waals surface area contributed by atoms with E-state index in [0.717, 1.165) is 12.1 Å². The van der Waals surface area contributed by atoms with Crippen LogP contribution in [0.4, 0.5) is 14.5 Å². The van der Waals surface area contributed by atoms with Crippen molar-refractivity contribution in [3.05, 3.63) is 23.8 Å². The SMILES string of the molecule is CC(C)NC(=O)CCNS(=O)(=O)c1ccc(F)c(N)c1F. The average molecular weight is 321 g/mol. The molecule has 0 fully saturated rings. The molecule has 21 heavy (non-hydrogen) atoms. The fraction of sp³-hybridized carbons (Fsp3) is 0.417. The van der Waals surface area contributed by atoms with E-state index >= 15 is 0 Å². The van der Waals surface area contributed by atoms with Crippen molar-refractivity contribution in [2.75, 3.05) is 12.3 Å². The van der Waals surface area contributed by atoms with Gasteiger partial charge < -0.3 is 11.1 Å². The standard InChI is InChI=1S/C12H17F2N3O3S/c1-7(2)17-10(18)5-6-16-21(19,20)9-4-3-8(13)12(15)11(9)14/h3-4,7,16H,5-6,15H2,1-2H3,(H,17,18). The van der Waals surface area contributed by atoms with E-state index in [1.54, 1.807) is 13.8 Å². The van der Waals surface area contributed by atoms with Crippen LogP contribution in [0.5, 0.6) is 0 Å². The molecular formula is C12H17F2N3O3S. The number of nitrogens with two attached hydrogens (primary N) is 1. The van der Waals surface area contributed by atoms with Crippen LogP contribution in [0.2, 0.25) is 0 Å². The minimum atomic E-state index is -4.21. The lowest BCUT2D eigenvalue weighted by Crippen LogP contribution is -2.34. The topological polar surface area (TPSA) is 101 Å². The molecule has 9 heteroatoms. The van der Waals surface area contributed by atoms with Crippen molar-refractivity contribution in [2.45, 2.75) is 31.2 Å². The molecule has 0 saturated carbocycles. The van der Waals surface area contributed by atoms with Crippen molar-refractivity contribution in [3.8, 4) is 0 Å². The fourth-order valence-electron chi connectivity index (χ4n) is 1.53. The number of carbonyl (C=O) groups is 1. The number of amides is 1. The lowest BCUT2D eigenvalue weighted by atomic mass is 10.3. The molecule has 0 aliphatic carbocycles. The first-order valence-electron chi connectivity index (χ1n) is 6.17. The first kappa shape index (κ1) is 17.3. The molecule has 0 radical (unpaired) electrons. The van der Waals surface area contributed by atoms with Gasteiger partial charge >= 0.3 is 0 Å². The van der Waals surface area contributed by atoms with Gasteiger partial charge in [-0.3, -0.25) is 4.79 Å². The van der Waals surface area contributed by atoms with Gasteiger partial charge in [-0.25, -0.2) is 21.9 Å². The summed E-state index contributed by atoms with van der Waals surface area (Å²) in [6.45, 7) is 3.31. The molecule has 0 aromatic heterocycles. The normalized spacial score (nSPS) is 11.7. The second-order valence-electron chi connectivity index (χ2n) is 4.64. The van der Waals surface area contributed by atoms with E-state index in [2.05, 4.69) is 10.0 Å². The number of sulfonamides is 1. The van der Waals surface area contributed by atoms with Gasteiger partial charge in [0.25, 0.3) is 0 Å². The van der Waals surface area contributed by atoms with Crippen molar-refractivity contribution in [3.63, 3.8) is 0 Å². The highest BCUT2D eigenvalue weighted by atomic mass is 32.2. The van der Waals surface area contributed by atoms with Crippen molar-refractivity contribution in [2.24, 2.45) is 0 Å². The molecule has 118 valence electrons. The van der Waals surface area contributed by atoms with Crippen LogP contribution >= 0.6 is 0 Å². The molecule has 0 atom stereocenters. The quantitative estimate of drug-likeness (QED) is 0.673. The third-order valence-corrected chi connectivity index (χ3v) is 3.95. The number of halogens is 2. The van der Waals surface area contributed by atoms with E-state index in [1.165, 1.54) is 0 Å². The van der Waals surface area contributed by atoms with Crippen LogP contribution in [0.1, 0.15) is 20.3 Å². The molecular weight excluding hydrogens is 304 g/mol. The van der Waals surface area contributed by atoms with Gasteiger partial charge in [-0.15, -0.1) is 0 Å². The fourth-order valence-corrected chi connectivity index (χ4v) is 2.65. The highest BCUT2D eigenvalue weighted by Crippen LogP contribution is 2.22. The Morgan fingerprint density at radius 2 is 1.95 bits per heavy atom. The van der Waals surface area contributed by atoms with Gasteiger partial charge in [0.2, 0.25) is 15.9 Å². The van der Waals surface area contributed by atoms with Gasteiger partial charge in [0, 0.05) is 19.0 Å². The Hall–Kier alpha value is -1.74. The Morgan fingerprint density at radius 3 is 2.52 bits per heavy atom. The predicted molar refractivity (Wildman–Crippen MR) is 73.9 cm³/mol. The molecule has 0 unspecified atom stereocenters. The maximum absolute atomic E-state index is 13.7. The molecule has 4 N–H and O–H groups in total. The lowest BCUT2D eigenvalue weighted by Gasteiger charge is -2.10. The molecule has 1 amide bonds. The summed E-state index contributed by atoms with van der Waals surface area (Å²) in [6, 6.07) is 1.47. The summed E-state index contributed by atoms with van der Waals surface area (Å²) >= 11 is 0. The molecule has 0 aliphatic rings. The minimum absolute atomic E-state index is 0.0663. The molecule has 0 heterocycles. The summed E-state index contributed by atoms with van der Waals surface area (Å²) in [4.78, 5) is 10.6. The first-order valence-corrected chi connectivity index (χ1v) is 7.66. The Balaban J connectivity index is 2.75. The zero-order chi connectivity index (χ0) is 16.2. The zero-order valence-corrected chi connectivity index (χ0v) is 12.4. The van der Waals surface area contributed by atoms with Crippen LogP contribution in [0, 0.1) is 11.6 Å². The maximum atomic E-state index is 13.7. The summed E-state index contributed by atoms with van der Waals surface area (Å²) < 4.78 is 52.4. The van der Waals surface area contributed by atoms with Crippen LogP contribution in [-0.2, 0) is 14.8 Å². The van der Waals surface area contributed by atoms with Crippen molar-refractivity contribution in [1.29, 1.82) is 0 Å². The summed E-state index contributed by atoms with van der Waals surface area (Å²) in [5.41, 5.74) is 4.24. The summed E-state index contributed by atoms with van der Waals surface area (Å²) in [6.07, 6.45) is -0.101. The molecule has 1 aromatic carbocycles. The third-order valence-electron chi connectivity index (χ3n) is 2.47. The molecule has 0 spiro atoms. The molecule has 6 nitrogen and oxygen atoms in total. The van der Waals surface area contributed by atoms with Gasteiger partial charge in [0.15, 0.2) is 5.82 Å². The number of benzene rings is 1. The summed E-state index contributed by atoms with van der Waals surface area (Å²) in [5.74, 6) is -2.73. The second kappa shape index (κ2) is 6.81. The highest BCUT2D eigenvalue weighted by Gasteiger charge is 2.22. The predicted octanol–water partition coefficient (Wildman–Crippen LogP) is 0.740. The van der Waals surface area contributed by atoms with Gasteiger partial charge in [-0.1, -0.05) is 0 Å². The first-order chi connectivity index (χ1) is 9.65. The number of hydrogen-bond acceptors (Lipinski definition) is 4. The average Bonchev–Trinajstić information content (AvgIpc) is 2.34. The summed E-state index contributed by atoms with van der Waals surface area (Å²) in [7, 11) is -4.21. The molecule has 1 rings (SSSR count). The molecule has 1 aromatic rings. The van der Waals surface area contributed by atoms with Crippen molar-refractivity contribution in [1.82, 2.24) is 10.0 Å². The number of anilines is 1. The van der Waals surface area contributed by atoms with E-state index in [-0.39, 0.29) is 24.9 Å². The van der Waals surface area contributed by atoms with Crippen molar-refractivity contribution >= 4 is 21.6 Å². The van der Waals surface area contributed by atoms with Gasteiger partial charge in [0.1, 0.15) is 16.4 Å². The highest BCUT2D eigenvalue weighted by molar-refractivity contribution is 7.89. The monoisotopic (exact) mass is 321 g/mol. The number of nitrogen functional groups attached to an aromatic ring is 1. The number of carbonyl (C=O) groups excluding carboxylic acids is 1. The van der Waals surface area contributed by atoms with Crippen LogP contribution in [0.3, 0.4) is 0 Å². The maximum Gasteiger partial charge on any atom is 0.243 e. The van der Waals surface area contributed by atoms with E-state index in [0.29, 0.717) is 0 Å². The number of hydrogen-bond donors (Lipinski definition) is 3. The number of rotatable bonds is 6. The van der Waals surface area contributed by atoms with E-state index < -0.39 is 32.2 Å². The van der Waals surface area contributed by atoms with Crippen LogP contribution < -0.4 is 15.8 Å². The third kappa shape index (κ3) is 4.64. The van der Waals surface area contributed by atoms with E-state index in [9.17, 15) is 22.0 Å². The Kier molecular flexibility index (Phi) is 5.62. The smallest absolute Gasteiger partial charge is 0.243 e. The van der Waals surface area contributed by atoms with Gasteiger partial charge in [-0.2, -0.15) is 0 Å². The molecule has 0 saturated heterocycles. The van der Waals surface area contributed by atoms with E-state index in [4.69, 9.17) is 5.73 Å². The summed E-state index contributed by atoms with van der Waals surface area (Å²) in [5, 5.41) is 2.58. The zero-order valence-electron chi connectivity index (χ0n) is 11.6. The van der Waals surface area contributed by atoms with Crippen LogP contribution in [0.25, 0.3) is 0 Å². The Bertz CT molecular complexity index is 633. The lowest BCUT2D eigenvalue weighted by molar-refractivity contribution is -0.121. The molecule has 0 bridgehead atoms. The van der Waals surface area contributed by atoms with Crippen molar-refractivity contribution < 1.29 is 22.0 Å². The van der Waals surface area contributed by atoms with Crippen LogP contribution in [0.15, 0.2) is 17.0 Å². The largest absolute Gasteiger partial charge is 0.394 e. The van der Waals surface area contributed by atoms with Gasteiger partial charge in [-0.05, 0) is 26.0 Å². The Labute approximate surface area is 121 Å². The minimum Gasteiger partial charge on any atom is -0.394 e. The number of nitrogens with one attached hydrogen (secondary N) is 2. The van der Waals surface area contributed by atoms with E-state index in [1.807, 2.05) is 0 Å². The van der Waals surface area contributed by atoms with Gasteiger partial charge in [0.05, 0.1) is 0 Å². The second-order valence-corrected chi connectivity index (χ2v) is 6.38. The molecule has 0 aliphatic heterocycles.